The average molecular weight is 461 g/mol. The molecular formula is C25H28N6O3. The van der Waals surface area contributed by atoms with Crippen molar-refractivity contribution in [3.63, 3.8) is 0 Å². The van der Waals surface area contributed by atoms with Crippen molar-refractivity contribution >= 4 is 28.5 Å². The van der Waals surface area contributed by atoms with Crippen LogP contribution in [0.1, 0.15) is 48.2 Å². The Bertz CT molecular complexity index is 1210. The Labute approximate surface area is 198 Å². The first-order valence-corrected chi connectivity index (χ1v) is 11.7. The summed E-state index contributed by atoms with van der Waals surface area (Å²) in [6, 6.07) is 6.01. The van der Waals surface area contributed by atoms with Gasteiger partial charge in [0.15, 0.2) is 0 Å². The number of fused-ring (bicyclic) bond motifs is 1. The molecule has 1 aliphatic heterocycles. The van der Waals surface area contributed by atoms with Gasteiger partial charge in [0.1, 0.15) is 17.0 Å². The number of benzene rings is 1. The monoisotopic (exact) mass is 460 g/mol. The van der Waals surface area contributed by atoms with Gasteiger partial charge in [0.05, 0.1) is 24.8 Å². The van der Waals surface area contributed by atoms with Crippen LogP contribution < -0.4 is 15.4 Å². The average Bonchev–Trinajstić information content (AvgIpc) is 2.90. The molecule has 1 saturated carbocycles. The number of hydrogen-bond donors (Lipinski definition) is 2. The Balaban J connectivity index is 1.26. The van der Waals surface area contributed by atoms with Gasteiger partial charge in [0.2, 0.25) is 5.95 Å². The highest BCUT2D eigenvalue weighted by molar-refractivity contribution is 5.92. The molecule has 1 fully saturated rings. The lowest BCUT2D eigenvalue weighted by atomic mass is 9.93. The van der Waals surface area contributed by atoms with Gasteiger partial charge in [0, 0.05) is 31.7 Å². The van der Waals surface area contributed by atoms with Crippen LogP contribution in [0.25, 0.3) is 16.6 Å². The summed E-state index contributed by atoms with van der Waals surface area (Å²) in [4.78, 5) is 29.5. The van der Waals surface area contributed by atoms with E-state index >= 15 is 0 Å². The van der Waals surface area contributed by atoms with E-state index in [9.17, 15) is 4.79 Å². The summed E-state index contributed by atoms with van der Waals surface area (Å²) in [5, 5.41) is 5.95. The highest BCUT2D eigenvalue weighted by Crippen LogP contribution is 2.33. The quantitative estimate of drug-likeness (QED) is 0.576. The molecule has 0 saturated heterocycles. The number of aromatic nitrogens is 4. The smallest absolute Gasteiger partial charge is 0.269 e. The third-order valence-corrected chi connectivity index (χ3v) is 6.29. The number of carbonyl (C=O) groups excluding carboxylic acids is 1. The minimum absolute atomic E-state index is 0.0975. The van der Waals surface area contributed by atoms with Crippen LogP contribution in [-0.2, 0) is 4.74 Å². The molecule has 0 spiro atoms. The number of rotatable bonds is 6. The van der Waals surface area contributed by atoms with Crippen molar-refractivity contribution < 1.29 is 14.3 Å². The lowest BCUT2D eigenvalue weighted by Gasteiger charge is -2.30. The van der Waals surface area contributed by atoms with E-state index in [4.69, 9.17) is 9.47 Å². The molecule has 176 valence electrons. The lowest BCUT2D eigenvalue weighted by Crippen LogP contribution is -2.32. The van der Waals surface area contributed by atoms with Gasteiger partial charge in [-0.15, -0.1) is 0 Å². The van der Waals surface area contributed by atoms with Gasteiger partial charge in [-0.3, -0.25) is 9.78 Å². The SMILES string of the molecule is CNC(=O)c1ccnc(N[C@H]2CC[C@@H](Oc3cc(C4=CCOCC4)cc4nccnc34)CC2)n1. The zero-order valence-corrected chi connectivity index (χ0v) is 19.2. The van der Waals surface area contributed by atoms with Crippen LogP contribution in [0.4, 0.5) is 5.95 Å². The molecule has 2 N–H and O–H groups in total. The second-order valence-electron chi connectivity index (χ2n) is 8.53. The maximum absolute atomic E-state index is 11.8. The molecule has 2 aliphatic rings. The number of amides is 1. The molecule has 3 heterocycles. The van der Waals surface area contributed by atoms with Gasteiger partial charge in [-0.25, -0.2) is 15.0 Å². The molecule has 2 aromatic heterocycles. The van der Waals surface area contributed by atoms with Crippen molar-refractivity contribution in [2.24, 2.45) is 0 Å². The number of nitrogens with zero attached hydrogens (tertiary/aromatic N) is 4. The number of carbonyl (C=O) groups is 1. The van der Waals surface area contributed by atoms with Crippen LogP contribution in [0.2, 0.25) is 0 Å². The second-order valence-corrected chi connectivity index (χ2v) is 8.53. The molecule has 34 heavy (non-hydrogen) atoms. The maximum Gasteiger partial charge on any atom is 0.269 e. The predicted octanol–water partition coefficient (Wildman–Crippen LogP) is 3.39. The fourth-order valence-corrected chi connectivity index (χ4v) is 4.48. The fourth-order valence-electron chi connectivity index (χ4n) is 4.48. The van der Waals surface area contributed by atoms with E-state index in [1.165, 1.54) is 5.57 Å². The number of anilines is 1. The van der Waals surface area contributed by atoms with Crippen LogP contribution in [-0.4, -0.2) is 58.3 Å². The zero-order valence-electron chi connectivity index (χ0n) is 19.2. The van der Waals surface area contributed by atoms with Crippen LogP contribution >= 0.6 is 0 Å². The van der Waals surface area contributed by atoms with Gasteiger partial charge < -0.3 is 20.1 Å². The molecule has 9 heteroatoms. The van der Waals surface area contributed by atoms with Gasteiger partial charge in [-0.1, -0.05) is 6.08 Å². The molecule has 9 nitrogen and oxygen atoms in total. The molecule has 0 unspecified atom stereocenters. The molecule has 0 bridgehead atoms. The van der Waals surface area contributed by atoms with Gasteiger partial charge in [-0.2, -0.15) is 0 Å². The van der Waals surface area contributed by atoms with Crippen molar-refractivity contribution in [3.05, 3.63) is 54.1 Å². The molecule has 1 aromatic carbocycles. The third-order valence-electron chi connectivity index (χ3n) is 6.29. The molecule has 0 atom stereocenters. The van der Waals surface area contributed by atoms with Crippen LogP contribution in [0, 0.1) is 0 Å². The van der Waals surface area contributed by atoms with E-state index in [0.717, 1.165) is 61.1 Å². The summed E-state index contributed by atoms with van der Waals surface area (Å²) < 4.78 is 12.0. The highest BCUT2D eigenvalue weighted by Gasteiger charge is 2.24. The van der Waals surface area contributed by atoms with Crippen molar-refractivity contribution in [1.82, 2.24) is 25.3 Å². The molecule has 3 aromatic rings. The van der Waals surface area contributed by atoms with Crippen LogP contribution in [0.5, 0.6) is 5.75 Å². The maximum atomic E-state index is 11.8. The first kappa shape index (κ1) is 22.2. The van der Waals surface area contributed by atoms with Crippen molar-refractivity contribution in [2.75, 3.05) is 25.6 Å². The molecular weight excluding hydrogens is 432 g/mol. The normalized spacial score (nSPS) is 20.4. The molecule has 1 aliphatic carbocycles. The van der Waals surface area contributed by atoms with E-state index in [2.05, 4.69) is 48.8 Å². The minimum Gasteiger partial charge on any atom is -0.488 e. The van der Waals surface area contributed by atoms with Gasteiger partial charge in [-0.05, 0) is 61.4 Å². The summed E-state index contributed by atoms with van der Waals surface area (Å²) in [7, 11) is 1.59. The minimum atomic E-state index is -0.225. The topological polar surface area (TPSA) is 111 Å². The largest absolute Gasteiger partial charge is 0.488 e. The van der Waals surface area contributed by atoms with Gasteiger partial charge in [0.25, 0.3) is 5.91 Å². The van der Waals surface area contributed by atoms with Crippen molar-refractivity contribution in [3.8, 4) is 5.75 Å². The molecule has 5 rings (SSSR count). The first-order chi connectivity index (χ1) is 16.7. The zero-order chi connectivity index (χ0) is 23.3. The Kier molecular flexibility index (Phi) is 6.62. The second kappa shape index (κ2) is 10.1. The van der Waals surface area contributed by atoms with E-state index in [-0.39, 0.29) is 18.1 Å². The number of nitrogens with one attached hydrogen (secondary N) is 2. The van der Waals surface area contributed by atoms with Gasteiger partial charge >= 0.3 is 0 Å². The van der Waals surface area contributed by atoms with Crippen LogP contribution in [0.15, 0.2) is 42.9 Å². The van der Waals surface area contributed by atoms with Crippen molar-refractivity contribution in [2.45, 2.75) is 44.2 Å². The highest BCUT2D eigenvalue weighted by atomic mass is 16.5. The summed E-state index contributed by atoms with van der Waals surface area (Å²) in [6.07, 6.45) is 11.8. The summed E-state index contributed by atoms with van der Waals surface area (Å²) in [5.74, 6) is 1.03. The number of hydrogen-bond acceptors (Lipinski definition) is 8. The summed E-state index contributed by atoms with van der Waals surface area (Å²) >= 11 is 0. The van der Waals surface area contributed by atoms with Crippen LogP contribution in [0.3, 0.4) is 0 Å². The predicted molar refractivity (Wildman–Crippen MR) is 129 cm³/mol. The Morgan fingerprint density at radius 3 is 2.74 bits per heavy atom. The molecule has 1 amide bonds. The van der Waals surface area contributed by atoms with E-state index in [1.807, 2.05) is 0 Å². The Hall–Kier alpha value is -3.59. The standard InChI is InChI=1S/C25H28N6O3/c1-26-24(32)20-6-9-29-25(31-20)30-18-2-4-19(5-3-18)34-22-15-17(16-7-12-33-13-8-16)14-21-23(22)28-11-10-27-21/h6-7,9-11,14-15,18-19H,2-5,8,12-13H2,1H3,(H,26,32)(H,29,30,31)/t18-,19+. The summed E-state index contributed by atoms with van der Waals surface area (Å²) in [6.45, 7) is 1.37. The lowest BCUT2D eigenvalue weighted by molar-refractivity contribution is 0.0958. The summed E-state index contributed by atoms with van der Waals surface area (Å²) in [5.41, 5.74) is 4.36. The third kappa shape index (κ3) is 4.99. The molecule has 0 radical (unpaired) electrons. The van der Waals surface area contributed by atoms with Crippen molar-refractivity contribution in [1.29, 1.82) is 0 Å². The van der Waals surface area contributed by atoms with E-state index in [0.29, 0.717) is 18.2 Å². The fraction of sp³-hybridized carbons (Fsp3) is 0.400. The van der Waals surface area contributed by atoms with E-state index < -0.39 is 0 Å². The number of ether oxygens (including phenoxy) is 2. The Morgan fingerprint density at radius 2 is 1.94 bits per heavy atom. The van der Waals surface area contributed by atoms with E-state index in [1.54, 1.807) is 31.7 Å². The first-order valence-electron chi connectivity index (χ1n) is 11.7. The Morgan fingerprint density at radius 1 is 1.09 bits per heavy atom.